The van der Waals surface area contributed by atoms with Crippen LogP contribution in [0.3, 0.4) is 0 Å². The Kier molecular flexibility index (Phi) is 5.31. The Bertz CT molecular complexity index is 320. The molecule has 0 amide bonds. The first-order valence-corrected chi connectivity index (χ1v) is 4.65. The summed E-state index contributed by atoms with van der Waals surface area (Å²) in [6, 6.07) is 6.57. The topological polar surface area (TPSA) is 54.0 Å². The van der Waals surface area contributed by atoms with E-state index in [1.54, 1.807) is 24.3 Å². The van der Waals surface area contributed by atoms with Crippen molar-refractivity contribution < 1.29 is 23.7 Å². The molecule has 1 aromatic carbocycles. The molecule has 0 atom stereocenters. The lowest BCUT2D eigenvalue weighted by Crippen LogP contribution is -2.07. The van der Waals surface area contributed by atoms with Gasteiger partial charge in [-0.25, -0.2) is 4.79 Å². The molecule has 0 aliphatic heterocycles. The molecule has 88 valence electrons. The van der Waals surface area contributed by atoms with Crippen LogP contribution < -0.4 is 4.74 Å². The summed E-state index contributed by atoms with van der Waals surface area (Å²) < 4.78 is 19.3. The van der Waals surface area contributed by atoms with Crippen LogP contribution in [0.1, 0.15) is 10.4 Å². The van der Waals surface area contributed by atoms with Crippen LogP contribution in [0.2, 0.25) is 0 Å². The van der Waals surface area contributed by atoms with Crippen LogP contribution in [0.25, 0.3) is 0 Å². The van der Waals surface area contributed by atoms with Gasteiger partial charge >= 0.3 is 5.97 Å². The molecule has 5 heteroatoms. The highest BCUT2D eigenvalue weighted by molar-refractivity contribution is 5.89. The summed E-state index contributed by atoms with van der Waals surface area (Å²) in [6.07, 6.45) is 0. The third-order valence-electron chi connectivity index (χ3n) is 1.74. The van der Waals surface area contributed by atoms with E-state index < -0.39 is 5.97 Å². The number of carbonyl (C=O) groups is 1. The second-order valence-electron chi connectivity index (χ2n) is 2.91. The quantitative estimate of drug-likeness (QED) is 0.542. The Balaban J connectivity index is 2.53. The maximum atomic E-state index is 11.4. The lowest BCUT2D eigenvalue weighted by molar-refractivity contribution is -0.0125. The molecule has 1 aromatic rings. The fourth-order valence-electron chi connectivity index (χ4n) is 1.01. The normalized spacial score (nSPS) is 9.88. The Morgan fingerprint density at radius 1 is 1.06 bits per heavy atom. The Labute approximate surface area is 93.9 Å². The molecule has 0 heterocycles. The van der Waals surface area contributed by atoms with Crippen molar-refractivity contribution in [1.29, 1.82) is 0 Å². The van der Waals surface area contributed by atoms with Crippen LogP contribution in [0.4, 0.5) is 0 Å². The third-order valence-corrected chi connectivity index (χ3v) is 1.74. The van der Waals surface area contributed by atoms with Crippen molar-refractivity contribution in [3.8, 4) is 5.75 Å². The summed E-state index contributed by atoms with van der Waals surface area (Å²) >= 11 is 0. The van der Waals surface area contributed by atoms with Gasteiger partial charge in [-0.1, -0.05) is 0 Å². The minimum absolute atomic E-state index is 0.0548. The fraction of sp³-hybridized carbons (Fsp3) is 0.364. The lowest BCUT2D eigenvalue weighted by Gasteiger charge is -2.06. The van der Waals surface area contributed by atoms with Crippen molar-refractivity contribution in [1.82, 2.24) is 0 Å². The van der Waals surface area contributed by atoms with Crippen LogP contribution in [-0.4, -0.2) is 33.8 Å². The highest BCUT2D eigenvalue weighted by Gasteiger charge is 2.06. The SMILES string of the molecule is COCOC(=O)c1ccc(OCOC)cc1. The first kappa shape index (κ1) is 12.5. The summed E-state index contributed by atoms with van der Waals surface area (Å²) in [4.78, 5) is 11.4. The average molecular weight is 226 g/mol. The van der Waals surface area contributed by atoms with E-state index in [0.29, 0.717) is 11.3 Å². The molecule has 0 spiro atoms. The number of methoxy groups -OCH3 is 2. The Hall–Kier alpha value is -1.59. The molecule has 0 saturated heterocycles. The predicted octanol–water partition coefficient (Wildman–Crippen LogP) is 1.43. The van der Waals surface area contributed by atoms with Gasteiger partial charge in [-0.05, 0) is 24.3 Å². The van der Waals surface area contributed by atoms with Gasteiger partial charge in [0.05, 0.1) is 5.56 Å². The molecule has 0 unspecified atom stereocenters. The van der Waals surface area contributed by atoms with E-state index in [1.165, 1.54) is 14.2 Å². The zero-order valence-electron chi connectivity index (χ0n) is 9.26. The van der Waals surface area contributed by atoms with E-state index in [9.17, 15) is 4.79 Å². The second-order valence-corrected chi connectivity index (χ2v) is 2.91. The van der Waals surface area contributed by atoms with Crippen molar-refractivity contribution in [2.24, 2.45) is 0 Å². The number of esters is 1. The van der Waals surface area contributed by atoms with Gasteiger partial charge in [0.1, 0.15) is 5.75 Å². The van der Waals surface area contributed by atoms with Crippen molar-refractivity contribution in [3.05, 3.63) is 29.8 Å². The zero-order chi connectivity index (χ0) is 11.8. The van der Waals surface area contributed by atoms with Gasteiger partial charge in [0.15, 0.2) is 13.6 Å². The summed E-state index contributed by atoms with van der Waals surface area (Å²) in [5.74, 6) is 0.199. The van der Waals surface area contributed by atoms with E-state index in [2.05, 4.69) is 4.74 Å². The van der Waals surface area contributed by atoms with Gasteiger partial charge in [-0.3, -0.25) is 0 Å². The lowest BCUT2D eigenvalue weighted by atomic mass is 10.2. The molecule has 0 bridgehead atoms. The second kappa shape index (κ2) is 6.81. The molecule has 1 rings (SSSR count). The van der Waals surface area contributed by atoms with Crippen LogP contribution in [-0.2, 0) is 14.2 Å². The molecule has 0 aliphatic rings. The van der Waals surface area contributed by atoms with E-state index in [4.69, 9.17) is 14.2 Å². The maximum absolute atomic E-state index is 11.4. The molecule has 0 aromatic heterocycles. The number of rotatable bonds is 6. The van der Waals surface area contributed by atoms with E-state index in [-0.39, 0.29) is 13.6 Å². The van der Waals surface area contributed by atoms with Gasteiger partial charge in [-0.2, -0.15) is 0 Å². The predicted molar refractivity (Wildman–Crippen MR) is 56.2 cm³/mol. The number of carbonyl (C=O) groups excluding carboxylic acids is 1. The molecular weight excluding hydrogens is 212 g/mol. The Morgan fingerprint density at radius 3 is 2.25 bits per heavy atom. The first-order chi connectivity index (χ1) is 7.77. The van der Waals surface area contributed by atoms with E-state index in [1.807, 2.05) is 0 Å². The molecule has 0 saturated carbocycles. The smallest absolute Gasteiger partial charge is 0.340 e. The number of benzene rings is 1. The number of ether oxygens (including phenoxy) is 4. The van der Waals surface area contributed by atoms with Gasteiger partial charge < -0.3 is 18.9 Å². The van der Waals surface area contributed by atoms with E-state index >= 15 is 0 Å². The molecule has 16 heavy (non-hydrogen) atoms. The molecule has 0 fully saturated rings. The average Bonchev–Trinajstić information content (AvgIpc) is 2.34. The molecular formula is C11H14O5. The first-order valence-electron chi connectivity index (χ1n) is 4.65. The molecule has 0 N–H and O–H groups in total. The summed E-state index contributed by atoms with van der Waals surface area (Å²) in [7, 11) is 2.99. The van der Waals surface area contributed by atoms with Crippen LogP contribution in [0.5, 0.6) is 5.75 Å². The van der Waals surface area contributed by atoms with Crippen molar-refractivity contribution >= 4 is 5.97 Å². The summed E-state index contributed by atoms with van der Waals surface area (Å²) in [5.41, 5.74) is 0.446. The van der Waals surface area contributed by atoms with Crippen molar-refractivity contribution in [2.45, 2.75) is 0 Å². The standard InChI is InChI=1S/C11H14O5/c1-13-7-15-10-5-3-9(4-6-10)11(12)16-8-14-2/h3-6H,7-8H2,1-2H3. The molecule has 0 aliphatic carbocycles. The van der Waals surface area contributed by atoms with Crippen LogP contribution >= 0.6 is 0 Å². The van der Waals surface area contributed by atoms with Crippen LogP contribution in [0, 0.1) is 0 Å². The molecule has 5 nitrogen and oxygen atoms in total. The van der Waals surface area contributed by atoms with Crippen LogP contribution in [0.15, 0.2) is 24.3 Å². The summed E-state index contributed by atoms with van der Waals surface area (Å²) in [6.45, 7) is 0.119. The highest BCUT2D eigenvalue weighted by atomic mass is 16.7. The van der Waals surface area contributed by atoms with Gasteiger partial charge in [0.2, 0.25) is 0 Å². The summed E-state index contributed by atoms with van der Waals surface area (Å²) in [5, 5.41) is 0. The zero-order valence-corrected chi connectivity index (χ0v) is 9.26. The largest absolute Gasteiger partial charge is 0.468 e. The monoisotopic (exact) mass is 226 g/mol. The molecule has 0 radical (unpaired) electrons. The number of hydrogen-bond acceptors (Lipinski definition) is 5. The Morgan fingerprint density at radius 2 is 1.69 bits per heavy atom. The highest BCUT2D eigenvalue weighted by Crippen LogP contribution is 2.12. The number of hydrogen-bond donors (Lipinski definition) is 0. The van der Waals surface area contributed by atoms with Crippen molar-refractivity contribution in [3.63, 3.8) is 0 Å². The maximum Gasteiger partial charge on any atom is 0.340 e. The minimum Gasteiger partial charge on any atom is -0.468 e. The third kappa shape index (κ3) is 3.88. The van der Waals surface area contributed by atoms with Crippen molar-refractivity contribution in [2.75, 3.05) is 27.8 Å². The van der Waals surface area contributed by atoms with Gasteiger partial charge in [0.25, 0.3) is 0 Å². The van der Waals surface area contributed by atoms with Gasteiger partial charge in [-0.15, -0.1) is 0 Å². The van der Waals surface area contributed by atoms with E-state index in [0.717, 1.165) is 0 Å². The minimum atomic E-state index is -0.430. The fourth-order valence-corrected chi connectivity index (χ4v) is 1.01. The van der Waals surface area contributed by atoms with Gasteiger partial charge in [0, 0.05) is 14.2 Å².